The van der Waals surface area contributed by atoms with Crippen LogP contribution < -0.4 is 20.4 Å². The first kappa shape index (κ1) is 41.6. The molecule has 1 N–H and O–H groups in total. The Morgan fingerprint density at radius 1 is 0.586 bits per heavy atom. The van der Waals surface area contributed by atoms with Gasteiger partial charge in [-0.05, 0) is 32.6 Å². The molecule has 168 valence electrons. The van der Waals surface area contributed by atoms with Crippen molar-refractivity contribution in [2.75, 3.05) is 0 Å². The van der Waals surface area contributed by atoms with Crippen LogP contribution in [-0.2, 0) is 50.2 Å². The minimum Gasteiger partial charge on any atom is -0.550 e. The summed E-state index contributed by atoms with van der Waals surface area (Å²) in [4.78, 5) is 47.0. The van der Waals surface area contributed by atoms with Crippen molar-refractivity contribution in [3.63, 3.8) is 0 Å². The number of hydrogen-bond donors (Lipinski definition) is 1. The van der Waals surface area contributed by atoms with Gasteiger partial charge in [0.15, 0.2) is 0 Å². The Morgan fingerprint density at radius 3 is 0.759 bits per heavy atom. The molecule has 0 aliphatic heterocycles. The number of carboxylic acids is 5. The van der Waals surface area contributed by atoms with E-state index in [0.717, 1.165) is 13.3 Å². The van der Waals surface area contributed by atoms with Gasteiger partial charge in [0, 0.05) is 30.3 Å². The van der Waals surface area contributed by atoms with E-state index in [0.29, 0.717) is 25.7 Å². The van der Waals surface area contributed by atoms with Crippen molar-refractivity contribution in [2.45, 2.75) is 86.0 Å². The molecule has 11 heteroatoms. The number of carbonyl (C=O) groups is 5. The summed E-state index contributed by atoms with van der Waals surface area (Å²) >= 11 is 0. The molecule has 0 heterocycles. The van der Waals surface area contributed by atoms with E-state index in [-0.39, 0.29) is 45.5 Å². The maximum atomic E-state index is 9.60. The smallest absolute Gasteiger partial charge is 0.550 e. The first-order valence-electron chi connectivity index (χ1n) is 8.80. The van der Waals surface area contributed by atoms with Crippen molar-refractivity contribution in [1.29, 1.82) is 0 Å². The summed E-state index contributed by atoms with van der Waals surface area (Å²) < 4.78 is 0. The molecular weight excluding hydrogens is 467 g/mol. The van der Waals surface area contributed by atoms with Crippen molar-refractivity contribution < 1.29 is 75.7 Å². The second-order valence-corrected chi connectivity index (χ2v) is 5.00. The van der Waals surface area contributed by atoms with E-state index in [9.17, 15) is 34.5 Å². The first-order chi connectivity index (χ1) is 12.8. The van der Waals surface area contributed by atoms with Gasteiger partial charge in [-0.3, -0.25) is 4.79 Å². The summed E-state index contributed by atoms with van der Waals surface area (Å²) in [7, 11) is 0. The van der Waals surface area contributed by atoms with Crippen LogP contribution >= 0.6 is 0 Å². The monoisotopic (exact) mass is 498 g/mol. The summed E-state index contributed by atoms with van der Waals surface area (Å²) in [6, 6.07) is 0. The van der Waals surface area contributed by atoms with E-state index in [1.54, 1.807) is 20.8 Å². The largest absolute Gasteiger partial charge is 4.00 e. The molecule has 0 radical (unpaired) electrons. The topological polar surface area (TPSA) is 198 Å². The van der Waals surface area contributed by atoms with Gasteiger partial charge in [-0.15, -0.1) is 0 Å². The van der Waals surface area contributed by atoms with Crippen LogP contribution in [0.4, 0.5) is 0 Å². The third-order valence-corrected chi connectivity index (χ3v) is 1.83. The molecule has 0 atom stereocenters. The van der Waals surface area contributed by atoms with Crippen molar-refractivity contribution in [2.24, 2.45) is 0 Å². The predicted octanol–water partition coefficient (Wildman–Crippen LogP) is -1.77. The van der Waals surface area contributed by atoms with Gasteiger partial charge in [-0.1, -0.05) is 47.0 Å². The van der Waals surface area contributed by atoms with Crippen LogP contribution in [0.1, 0.15) is 86.0 Å². The summed E-state index contributed by atoms with van der Waals surface area (Å²) in [6.07, 6.45) is 3.57. The van der Waals surface area contributed by atoms with E-state index in [1.165, 1.54) is 0 Å². The Bertz CT molecular complexity index is 343. The standard InChI is InChI=1S/4C4H8O2.C2H4O2.Zr/c4*1-2-3-4(5)6;1-2(3)4;/h4*2-3H2,1H3,(H,5,6);1H3,(H,3,4);/q;;;;;+4/p-4. The van der Waals surface area contributed by atoms with Crippen LogP contribution in [0.15, 0.2) is 0 Å². The van der Waals surface area contributed by atoms with Gasteiger partial charge in [0.1, 0.15) is 0 Å². The molecule has 0 aliphatic rings. The number of hydrogen-bond acceptors (Lipinski definition) is 9. The van der Waals surface area contributed by atoms with Gasteiger partial charge >= 0.3 is 32.2 Å². The minimum absolute atomic E-state index is 0. The van der Waals surface area contributed by atoms with Crippen LogP contribution in [0.3, 0.4) is 0 Å². The zero-order chi connectivity index (χ0) is 23.5. The van der Waals surface area contributed by atoms with E-state index in [4.69, 9.17) is 15.0 Å². The third-order valence-electron chi connectivity index (χ3n) is 1.83. The Labute approximate surface area is 191 Å². The second-order valence-electron chi connectivity index (χ2n) is 5.00. The zero-order valence-electron chi connectivity index (χ0n) is 17.8. The molecule has 0 aromatic heterocycles. The van der Waals surface area contributed by atoms with Crippen LogP contribution in [-0.4, -0.2) is 35.0 Å². The summed E-state index contributed by atoms with van der Waals surface area (Å²) in [5.41, 5.74) is 0. The molecule has 0 saturated heterocycles. The third kappa shape index (κ3) is 147. The molecule has 0 saturated carbocycles. The fraction of sp³-hybridized carbons (Fsp3) is 0.722. The zero-order valence-corrected chi connectivity index (χ0v) is 20.2. The molecule has 0 fully saturated rings. The van der Waals surface area contributed by atoms with Crippen LogP contribution in [0.2, 0.25) is 0 Å². The average Bonchev–Trinajstić information content (AvgIpc) is 2.47. The van der Waals surface area contributed by atoms with Gasteiger partial charge in [-0.25, -0.2) is 0 Å². The molecular formula is C18H32O10Zr. The molecule has 10 nitrogen and oxygen atoms in total. The number of rotatable bonds is 8. The Morgan fingerprint density at radius 2 is 0.759 bits per heavy atom. The predicted molar refractivity (Wildman–Crippen MR) is 93.0 cm³/mol. The van der Waals surface area contributed by atoms with Crippen LogP contribution in [0, 0.1) is 0 Å². The number of carboxylic acid groups (broad SMARTS) is 5. The maximum Gasteiger partial charge on any atom is 4.00 e. The van der Waals surface area contributed by atoms with Gasteiger partial charge in [0.05, 0.1) is 0 Å². The van der Waals surface area contributed by atoms with E-state index in [2.05, 4.69) is 0 Å². The van der Waals surface area contributed by atoms with Gasteiger partial charge in [0.25, 0.3) is 0 Å². The molecule has 0 aromatic rings. The van der Waals surface area contributed by atoms with E-state index >= 15 is 0 Å². The van der Waals surface area contributed by atoms with E-state index in [1.807, 2.05) is 6.92 Å². The van der Waals surface area contributed by atoms with Crippen LogP contribution in [0.25, 0.3) is 0 Å². The Kier molecular flexibility index (Phi) is 53.1. The molecule has 29 heavy (non-hydrogen) atoms. The summed E-state index contributed by atoms with van der Waals surface area (Å²) in [5, 5.41) is 45.3. The normalized spacial score (nSPS) is 7.62. The molecule has 0 unspecified atom stereocenters. The SMILES string of the molecule is CC(=O)[O-].CCCC(=O)O.CCCC(=O)[O-].CCCC(=O)[O-].CCCC(=O)[O-].[Zr+4]. The summed E-state index contributed by atoms with van der Waals surface area (Å²) in [6.45, 7) is 8.22. The van der Waals surface area contributed by atoms with Gasteiger partial charge < -0.3 is 44.7 Å². The Balaban J connectivity index is -0.0000000569. The Hall–Kier alpha value is -1.77. The van der Waals surface area contributed by atoms with Crippen LogP contribution in [0.5, 0.6) is 0 Å². The van der Waals surface area contributed by atoms with Crippen molar-refractivity contribution in [1.82, 2.24) is 0 Å². The van der Waals surface area contributed by atoms with Gasteiger partial charge in [-0.2, -0.15) is 0 Å². The average molecular weight is 500 g/mol. The van der Waals surface area contributed by atoms with Gasteiger partial charge in [0.2, 0.25) is 0 Å². The maximum absolute atomic E-state index is 9.60. The van der Waals surface area contributed by atoms with Crippen molar-refractivity contribution in [3.8, 4) is 0 Å². The fourth-order valence-corrected chi connectivity index (χ4v) is 0.826. The van der Waals surface area contributed by atoms with Crippen molar-refractivity contribution in [3.05, 3.63) is 0 Å². The molecule has 0 aliphatic carbocycles. The number of aliphatic carboxylic acids is 5. The van der Waals surface area contributed by atoms with Crippen molar-refractivity contribution >= 4 is 29.8 Å². The second kappa shape index (κ2) is 37.0. The molecule has 0 rings (SSSR count). The first-order valence-corrected chi connectivity index (χ1v) is 8.80. The summed E-state index contributed by atoms with van der Waals surface area (Å²) in [5.74, 6) is -4.68. The molecule has 0 aromatic carbocycles. The quantitative estimate of drug-likeness (QED) is 0.399. The fourth-order valence-electron chi connectivity index (χ4n) is 0.826. The molecule has 0 spiro atoms. The molecule has 0 amide bonds. The van der Waals surface area contributed by atoms with E-state index < -0.39 is 29.8 Å². The molecule has 0 bridgehead atoms. The minimum atomic E-state index is -1.08. The number of carbonyl (C=O) groups excluding carboxylic acids is 4.